The number of nitrogens with zero attached hydrogens (tertiary/aromatic N) is 3. The van der Waals surface area contributed by atoms with Crippen LogP contribution in [0.4, 0.5) is 5.82 Å². The molecule has 2 aromatic rings. The molecule has 0 aliphatic carbocycles. The summed E-state index contributed by atoms with van der Waals surface area (Å²) in [6, 6.07) is 1.64. The summed E-state index contributed by atoms with van der Waals surface area (Å²) in [7, 11) is 1.65. The number of anilines is 1. The fraction of sp³-hybridized carbons (Fsp3) is 0.545. The van der Waals surface area contributed by atoms with Crippen molar-refractivity contribution in [1.82, 2.24) is 20.3 Å². The summed E-state index contributed by atoms with van der Waals surface area (Å²) < 4.78 is 16.2. The largest absolute Gasteiger partial charge is 0.382 e. The lowest BCUT2D eigenvalue weighted by Gasteiger charge is -2.32. The van der Waals surface area contributed by atoms with Crippen molar-refractivity contribution in [2.45, 2.75) is 18.4 Å². The fourth-order valence-electron chi connectivity index (χ4n) is 2.18. The minimum Gasteiger partial charge on any atom is -0.382 e. The van der Waals surface area contributed by atoms with Crippen LogP contribution in [0.2, 0.25) is 0 Å². The Balaban J connectivity index is 1.91. The smallest absolute Gasteiger partial charge is 0.276 e. The predicted molar refractivity (Wildman–Crippen MR) is 65.0 cm³/mol. The van der Waals surface area contributed by atoms with Gasteiger partial charge in [0.1, 0.15) is 17.1 Å². The molecule has 0 amide bonds. The first kappa shape index (κ1) is 12.1. The monoisotopic (exact) mass is 265 g/mol. The van der Waals surface area contributed by atoms with Crippen molar-refractivity contribution in [3.8, 4) is 11.6 Å². The number of H-pyrrole nitrogens is 1. The number of nitrogens with one attached hydrogen (secondary N) is 1. The van der Waals surface area contributed by atoms with Crippen molar-refractivity contribution >= 4 is 5.82 Å². The Morgan fingerprint density at radius 1 is 1.42 bits per heavy atom. The van der Waals surface area contributed by atoms with E-state index >= 15 is 0 Å². The molecule has 8 heteroatoms. The Hall–Kier alpha value is -1.93. The van der Waals surface area contributed by atoms with Gasteiger partial charge in [0.2, 0.25) is 5.82 Å². The van der Waals surface area contributed by atoms with E-state index in [2.05, 4.69) is 20.3 Å². The van der Waals surface area contributed by atoms with E-state index in [0.717, 1.165) is 0 Å². The number of ether oxygens (including phenoxy) is 2. The van der Waals surface area contributed by atoms with Gasteiger partial charge in [0, 0.05) is 39.2 Å². The van der Waals surface area contributed by atoms with E-state index in [1.165, 1.54) is 0 Å². The molecule has 8 nitrogen and oxygen atoms in total. The molecule has 1 saturated heterocycles. The van der Waals surface area contributed by atoms with Crippen LogP contribution in [0.3, 0.4) is 0 Å². The molecule has 3 N–H and O–H groups in total. The fourth-order valence-corrected chi connectivity index (χ4v) is 2.18. The average Bonchev–Trinajstić information content (AvgIpc) is 3.08. The van der Waals surface area contributed by atoms with Gasteiger partial charge in [0.25, 0.3) is 5.89 Å². The van der Waals surface area contributed by atoms with E-state index in [1.807, 2.05) is 0 Å². The van der Waals surface area contributed by atoms with Gasteiger partial charge in [0.05, 0.1) is 0 Å². The first-order chi connectivity index (χ1) is 9.23. The molecule has 0 atom stereocenters. The van der Waals surface area contributed by atoms with Gasteiger partial charge < -0.3 is 19.7 Å². The molecule has 0 radical (unpaired) electrons. The van der Waals surface area contributed by atoms with E-state index in [9.17, 15) is 0 Å². The highest BCUT2D eigenvalue weighted by atomic mass is 16.5. The van der Waals surface area contributed by atoms with E-state index in [0.29, 0.717) is 49.3 Å². The molecule has 0 saturated carbocycles. The van der Waals surface area contributed by atoms with Crippen molar-refractivity contribution in [1.29, 1.82) is 0 Å². The highest BCUT2D eigenvalue weighted by molar-refractivity contribution is 5.51. The summed E-state index contributed by atoms with van der Waals surface area (Å²) in [5, 5.41) is 10.6. The van der Waals surface area contributed by atoms with Gasteiger partial charge in [-0.25, -0.2) is 0 Å². The maximum absolute atomic E-state index is 5.60. The standard InChI is InChI=1S/C11H15N5O3/c1-17-11(2-4-18-5-3-11)10-13-9(19-16-10)7-6-8(12)15-14-7/h6H,2-5H2,1H3,(H3,12,14,15). The molecule has 0 aromatic carbocycles. The Morgan fingerprint density at radius 2 is 2.21 bits per heavy atom. The first-order valence-electron chi connectivity index (χ1n) is 6.02. The summed E-state index contributed by atoms with van der Waals surface area (Å²) in [5.41, 5.74) is 5.60. The van der Waals surface area contributed by atoms with E-state index in [1.54, 1.807) is 13.2 Å². The van der Waals surface area contributed by atoms with E-state index in [-0.39, 0.29) is 0 Å². The van der Waals surface area contributed by atoms with E-state index < -0.39 is 5.60 Å². The van der Waals surface area contributed by atoms with Crippen molar-refractivity contribution < 1.29 is 14.0 Å². The van der Waals surface area contributed by atoms with Gasteiger partial charge in [-0.2, -0.15) is 10.1 Å². The molecule has 1 aliphatic heterocycles. The number of nitrogen functional groups attached to an aromatic ring is 1. The minimum atomic E-state index is -0.536. The molecule has 0 unspecified atom stereocenters. The number of aromatic amines is 1. The second kappa shape index (κ2) is 4.63. The molecule has 102 valence electrons. The van der Waals surface area contributed by atoms with Crippen LogP contribution in [0.1, 0.15) is 18.7 Å². The van der Waals surface area contributed by atoms with Crippen molar-refractivity contribution in [3.05, 3.63) is 11.9 Å². The zero-order valence-corrected chi connectivity index (χ0v) is 10.5. The zero-order chi connectivity index (χ0) is 13.3. The number of nitrogens with two attached hydrogens (primary N) is 1. The van der Waals surface area contributed by atoms with Crippen LogP contribution in [0, 0.1) is 0 Å². The number of methoxy groups -OCH3 is 1. The number of aromatic nitrogens is 4. The number of hydrogen-bond donors (Lipinski definition) is 2. The van der Waals surface area contributed by atoms with E-state index in [4.69, 9.17) is 19.7 Å². The maximum atomic E-state index is 5.60. The molecule has 3 heterocycles. The van der Waals surface area contributed by atoms with Crippen molar-refractivity contribution in [2.24, 2.45) is 0 Å². The molecule has 19 heavy (non-hydrogen) atoms. The normalized spacial score (nSPS) is 18.6. The van der Waals surface area contributed by atoms with Crippen LogP contribution < -0.4 is 5.73 Å². The number of hydrogen-bond acceptors (Lipinski definition) is 7. The van der Waals surface area contributed by atoms with Crippen LogP contribution in [-0.2, 0) is 15.1 Å². The highest BCUT2D eigenvalue weighted by Crippen LogP contribution is 2.34. The Morgan fingerprint density at radius 3 is 2.84 bits per heavy atom. The molecule has 2 aromatic heterocycles. The lowest BCUT2D eigenvalue weighted by molar-refractivity contribution is -0.101. The first-order valence-corrected chi connectivity index (χ1v) is 6.02. The Kier molecular flexibility index (Phi) is 2.96. The molecular weight excluding hydrogens is 250 g/mol. The van der Waals surface area contributed by atoms with Crippen LogP contribution in [0.5, 0.6) is 0 Å². The zero-order valence-electron chi connectivity index (χ0n) is 10.5. The van der Waals surface area contributed by atoms with Gasteiger partial charge in [-0.3, -0.25) is 5.10 Å². The summed E-state index contributed by atoms with van der Waals surface area (Å²) in [6.45, 7) is 1.24. The molecule has 3 rings (SSSR count). The molecule has 0 bridgehead atoms. The molecular formula is C11H15N5O3. The van der Waals surface area contributed by atoms with Crippen LogP contribution in [-0.4, -0.2) is 40.7 Å². The van der Waals surface area contributed by atoms with Gasteiger partial charge in [0.15, 0.2) is 0 Å². The van der Waals surface area contributed by atoms with Gasteiger partial charge in [-0.05, 0) is 0 Å². The predicted octanol–water partition coefficient (Wildman–Crippen LogP) is 0.694. The van der Waals surface area contributed by atoms with Gasteiger partial charge >= 0.3 is 0 Å². The quantitative estimate of drug-likeness (QED) is 0.839. The van der Waals surface area contributed by atoms with Crippen LogP contribution in [0.25, 0.3) is 11.6 Å². The summed E-state index contributed by atoms with van der Waals surface area (Å²) in [4.78, 5) is 4.38. The lowest BCUT2D eigenvalue weighted by atomic mass is 9.93. The number of rotatable bonds is 3. The third kappa shape index (κ3) is 2.08. The Bertz CT molecular complexity index is 558. The van der Waals surface area contributed by atoms with Crippen molar-refractivity contribution in [3.63, 3.8) is 0 Å². The van der Waals surface area contributed by atoms with Crippen LogP contribution >= 0.6 is 0 Å². The molecule has 1 aliphatic rings. The molecule has 0 spiro atoms. The second-order valence-corrected chi connectivity index (χ2v) is 4.44. The van der Waals surface area contributed by atoms with Crippen LogP contribution in [0.15, 0.2) is 10.6 Å². The minimum absolute atomic E-state index is 0.349. The second-order valence-electron chi connectivity index (χ2n) is 4.44. The summed E-state index contributed by atoms with van der Waals surface area (Å²) >= 11 is 0. The molecule has 1 fully saturated rings. The van der Waals surface area contributed by atoms with Crippen molar-refractivity contribution in [2.75, 3.05) is 26.1 Å². The summed E-state index contributed by atoms with van der Waals surface area (Å²) in [5.74, 6) is 1.26. The Labute approximate surface area is 109 Å². The summed E-state index contributed by atoms with van der Waals surface area (Å²) in [6.07, 6.45) is 1.40. The van der Waals surface area contributed by atoms with Gasteiger partial charge in [-0.1, -0.05) is 5.16 Å². The average molecular weight is 265 g/mol. The third-order valence-electron chi connectivity index (χ3n) is 3.35. The maximum Gasteiger partial charge on any atom is 0.276 e. The third-order valence-corrected chi connectivity index (χ3v) is 3.35. The lowest BCUT2D eigenvalue weighted by Crippen LogP contribution is -2.36. The SMILES string of the molecule is COC1(c2noc(-c3cc(N)n[nH]3)n2)CCOCC1. The highest BCUT2D eigenvalue weighted by Gasteiger charge is 2.39. The topological polar surface area (TPSA) is 112 Å². The van der Waals surface area contributed by atoms with Gasteiger partial charge in [-0.15, -0.1) is 0 Å².